The Morgan fingerprint density at radius 2 is 2.12 bits per heavy atom. The molecule has 1 nitrogen and oxygen atoms in total. The first-order valence-electron chi connectivity index (χ1n) is 2.91. The number of rotatable bonds is 1. The van der Waals surface area contributed by atoms with Crippen LogP contribution in [0.15, 0.2) is 0 Å². The SMILES string of the molecule is CN1CC(C)(CCl)C1. The molecule has 2 heteroatoms. The van der Waals surface area contributed by atoms with Gasteiger partial charge in [-0.2, -0.15) is 0 Å². The van der Waals surface area contributed by atoms with Gasteiger partial charge in [-0.1, -0.05) is 6.92 Å². The van der Waals surface area contributed by atoms with Crippen LogP contribution < -0.4 is 0 Å². The fourth-order valence-corrected chi connectivity index (χ4v) is 1.51. The van der Waals surface area contributed by atoms with Crippen molar-refractivity contribution in [2.45, 2.75) is 6.92 Å². The van der Waals surface area contributed by atoms with E-state index in [9.17, 15) is 0 Å². The topological polar surface area (TPSA) is 3.24 Å². The average Bonchev–Trinajstić information content (AvgIpc) is 1.63. The Labute approximate surface area is 55.6 Å². The van der Waals surface area contributed by atoms with Gasteiger partial charge in [-0.3, -0.25) is 0 Å². The summed E-state index contributed by atoms with van der Waals surface area (Å²) in [6.07, 6.45) is 0. The van der Waals surface area contributed by atoms with E-state index in [-0.39, 0.29) is 0 Å². The van der Waals surface area contributed by atoms with Crippen molar-refractivity contribution in [3.05, 3.63) is 0 Å². The Hall–Kier alpha value is 0.250. The van der Waals surface area contributed by atoms with Crippen molar-refractivity contribution in [2.24, 2.45) is 5.41 Å². The monoisotopic (exact) mass is 133 g/mol. The lowest BCUT2D eigenvalue weighted by molar-refractivity contribution is 0.0601. The van der Waals surface area contributed by atoms with Crippen LogP contribution in [0.5, 0.6) is 0 Å². The molecule has 1 fully saturated rings. The Kier molecular flexibility index (Phi) is 1.50. The molecule has 1 saturated heterocycles. The number of hydrogen-bond acceptors (Lipinski definition) is 1. The molecule has 1 aliphatic heterocycles. The molecule has 0 N–H and O–H groups in total. The van der Waals surface area contributed by atoms with Gasteiger partial charge in [0, 0.05) is 24.4 Å². The van der Waals surface area contributed by atoms with Crippen molar-refractivity contribution in [1.29, 1.82) is 0 Å². The zero-order valence-electron chi connectivity index (χ0n) is 5.45. The molecule has 0 atom stereocenters. The molecule has 0 saturated carbocycles. The van der Waals surface area contributed by atoms with Crippen molar-refractivity contribution < 1.29 is 0 Å². The van der Waals surface area contributed by atoms with E-state index in [4.69, 9.17) is 11.6 Å². The molecule has 0 radical (unpaired) electrons. The first-order chi connectivity index (χ1) is 3.66. The predicted octanol–water partition coefficient (Wildman–Crippen LogP) is 1.18. The largest absolute Gasteiger partial charge is 0.305 e. The van der Waals surface area contributed by atoms with E-state index in [1.807, 2.05) is 0 Å². The van der Waals surface area contributed by atoms with Crippen LogP contribution in [0.1, 0.15) is 6.92 Å². The van der Waals surface area contributed by atoms with Gasteiger partial charge in [0.15, 0.2) is 0 Å². The molecule has 1 aliphatic rings. The van der Waals surface area contributed by atoms with Gasteiger partial charge in [-0.05, 0) is 7.05 Å². The highest BCUT2D eigenvalue weighted by molar-refractivity contribution is 6.18. The van der Waals surface area contributed by atoms with Crippen LogP contribution in [0.3, 0.4) is 0 Å². The molecular formula is C6H12ClN. The smallest absolute Gasteiger partial charge is 0.0301 e. The van der Waals surface area contributed by atoms with Gasteiger partial charge in [0.05, 0.1) is 0 Å². The minimum Gasteiger partial charge on any atom is -0.305 e. The molecule has 8 heavy (non-hydrogen) atoms. The molecule has 0 aromatic rings. The van der Waals surface area contributed by atoms with E-state index >= 15 is 0 Å². The molecule has 0 aromatic heterocycles. The second kappa shape index (κ2) is 1.89. The van der Waals surface area contributed by atoms with Crippen molar-refractivity contribution >= 4 is 11.6 Å². The summed E-state index contributed by atoms with van der Waals surface area (Å²) < 4.78 is 0. The summed E-state index contributed by atoms with van der Waals surface area (Å²) in [4.78, 5) is 2.28. The normalized spacial score (nSPS) is 27.4. The lowest BCUT2D eigenvalue weighted by Gasteiger charge is -2.44. The third-order valence-corrected chi connectivity index (χ3v) is 2.27. The molecule has 0 aromatic carbocycles. The third-order valence-electron chi connectivity index (χ3n) is 1.63. The minimum atomic E-state index is 0.427. The maximum atomic E-state index is 5.68. The van der Waals surface area contributed by atoms with Gasteiger partial charge in [0.25, 0.3) is 0 Å². The maximum Gasteiger partial charge on any atom is 0.0301 e. The number of hydrogen-bond donors (Lipinski definition) is 0. The van der Waals surface area contributed by atoms with Crippen LogP contribution in [0.2, 0.25) is 0 Å². The molecule has 0 aliphatic carbocycles. The molecule has 1 rings (SSSR count). The first kappa shape index (κ1) is 6.37. The Bertz CT molecular complexity index is 86.5. The summed E-state index contributed by atoms with van der Waals surface area (Å²) in [5.74, 6) is 0.803. The summed E-state index contributed by atoms with van der Waals surface area (Å²) in [5, 5.41) is 0. The van der Waals surface area contributed by atoms with Crippen molar-refractivity contribution in [2.75, 3.05) is 26.0 Å². The summed E-state index contributed by atoms with van der Waals surface area (Å²) in [6, 6.07) is 0. The average molecular weight is 134 g/mol. The quantitative estimate of drug-likeness (QED) is 0.486. The van der Waals surface area contributed by atoms with E-state index in [0.717, 1.165) is 19.0 Å². The zero-order valence-corrected chi connectivity index (χ0v) is 6.20. The Morgan fingerprint density at radius 3 is 2.25 bits per heavy atom. The van der Waals surface area contributed by atoms with Crippen LogP contribution >= 0.6 is 11.6 Å². The van der Waals surface area contributed by atoms with Crippen LogP contribution in [-0.4, -0.2) is 30.9 Å². The molecular weight excluding hydrogens is 122 g/mol. The van der Waals surface area contributed by atoms with E-state index in [0.29, 0.717) is 5.41 Å². The molecule has 0 amide bonds. The van der Waals surface area contributed by atoms with E-state index in [1.165, 1.54) is 0 Å². The fourth-order valence-electron chi connectivity index (χ4n) is 1.34. The Morgan fingerprint density at radius 1 is 1.62 bits per heavy atom. The standard InChI is InChI=1S/C6H12ClN/c1-6(3-7)4-8(2)5-6/h3-5H2,1-2H3. The highest BCUT2D eigenvalue weighted by Crippen LogP contribution is 2.28. The van der Waals surface area contributed by atoms with E-state index in [1.54, 1.807) is 0 Å². The van der Waals surface area contributed by atoms with Gasteiger partial charge in [0.2, 0.25) is 0 Å². The number of alkyl halides is 1. The van der Waals surface area contributed by atoms with E-state index in [2.05, 4.69) is 18.9 Å². The summed E-state index contributed by atoms with van der Waals surface area (Å²) in [6.45, 7) is 4.55. The second-order valence-electron chi connectivity index (χ2n) is 3.12. The van der Waals surface area contributed by atoms with Gasteiger partial charge in [-0.25, -0.2) is 0 Å². The summed E-state index contributed by atoms with van der Waals surface area (Å²) in [5.41, 5.74) is 0.427. The molecule has 0 unspecified atom stereocenters. The minimum absolute atomic E-state index is 0.427. The van der Waals surface area contributed by atoms with Crippen LogP contribution in [0.4, 0.5) is 0 Å². The third kappa shape index (κ3) is 0.981. The zero-order chi connectivity index (χ0) is 6.20. The molecule has 48 valence electrons. The maximum absolute atomic E-state index is 5.68. The number of halogens is 1. The molecule has 1 heterocycles. The van der Waals surface area contributed by atoms with Crippen molar-refractivity contribution in [1.82, 2.24) is 4.90 Å². The van der Waals surface area contributed by atoms with Crippen molar-refractivity contribution in [3.63, 3.8) is 0 Å². The number of nitrogens with zero attached hydrogens (tertiary/aromatic N) is 1. The first-order valence-corrected chi connectivity index (χ1v) is 3.44. The van der Waals surface area contributed by atoms with Crippen molar-refractivity contribution in [3.8, 4) is 0 Å². The molecule has 0 bridgehead atoms. The number of likely N-dealkylation sites (tertiary alicyclic amines) is 1. The lowest BCUT2D eigenvalue weighted by atomic mass is 9.85. The van der Waals surface area contributed by atoms with Gasteiger partial charge < -0.3 is 4.90 Å². The Balaban J connectivity index is 2.30. The predicted molar refractivity (Wildman–Crippen MR) is 36.3 cm³/mol. The van der Waals surface area contributed by atoms with Crippen LogP contribution in [0, 0.1) is 5.41 Å². The highest BCUT2D eigenvalue weighted by Gasteiger charge is 2.34. The molecule has 0 spiro atoms. The van der Waals surface area contributed by atoms with Gasteiger partial charge >= 0.3 is 0 Å². The fraction of sp³-hybridized carbons (Fsp3) is 1.00. The van der Waals surface area contributed by atoms with Gasteiger partial charge in [-0.15, -0.1) is 11.6 Å². The van der Waals surface area contributed by atoms with Crippen LogP contribution in [0.25, 0.3) is 0 Å². The summed E-state index contributed by atoms with van der Waals surface area (Å²) in [7, 11) is 2.12. The summed E-state index contributed by atoms with van der Waals surface area (Å²) >= 11 is 5.68. The van der Waals surface area contributed by atoms with E-state index < -0.39 is 0 Å². The lowest BCUT2D eigenvalue weighted by Crippen LogP contribution is -2.53. The highest BCUT2D eigenvalue weighted by atomic mass is 35.5. The van der Waals surface area contributed by atoms with Gasteiger partial charge in [0.1, 0.15) is 0 Å². The second-order valence-corrected chi connectivity index (χ2v) is 3.38. The van der Waals surface area contributed by atoms with Crippen LogP contribution in [-0.2, 0) is 0 Å².